The van der Waals surface area contributed by atoms with Crippen LogP contribution in [0.2, 0.25) is 0 Å². The van der Waals surface area contributed by atoms with E-state index in [9.17, 15) is 18.0 Å². The maximum absolute atomic E-state index is 12.7. The summed E-state index contributed by atoms with van der Waals surface area (Å²) < 4.78 is 37.5. The molecule has 1 fully saturated rings. The first-order chi connectivity index (χ1) is 16.3. The second-order valence-corrected chi connectivity index (χ2v) is 9.99. The Balaban J connectivity index is 1.32. The predicted octanol–water partition coefficient (Wildman–Crippen LogP) is 2.49. The standard InChI is InChI=1S/C25H26N2O6S/c1-18-2-8-23-22(16-18)25(29)20(17-33-23)5-9-24(28)26-11-10-19-3-6-21(7-4-19)34(30,31)27-12-14-32-15-13-27/h2-9,16-17H,10-15H2,1H3,(H,26,28)/b9-5+. The summed E-state index contributed by atoms with van der Waals surface area (Å²) in [6, 6.07) is 12.0. The molecule has 2 heterocycles. The van der Waals surface area contributed by atoms with Gasteiger partial charge in [-0.15, -0.1) is 0 Å². The second-order valence-electron chi connectivity index (χ2n) is 8.05. The molecule has 3 aromatic rings. The van der Waals surface area contributed by atoms with Gasteiger partial charge in [0.2, 0.25) is 15.9 Å². The fourth-order valence-electron chi connectivity index (χ4n) is 3.69. The van der Waals surface area contributed by atoms with Crippen LogP contribution in [0.15, 0.2) is 68.9 Å². The summed E-state index contributed by atoms with van der Waals surface area (Å²) >= 11 is 0. The van der Waals surface area contributed by atoms with E-state index >= 15 is 0 Å². The highest BCUT2D eigenvalue weighted by Gasteiger charge is 2.26. The van der Waals surface area contributed by atoms with Gasteiger partial charge in [-0.05, 0) is 49.2 Å². The monoisotopic (exact) mass is 482 g/mol. The van der Waals surface area contributed by atoms with Crippen LogP contribution in [0.5, 0.6) is 0 Å². The number of amides is 1. The molecule has 0 radical (unpaired) electrons. The van der Waals surface area contributed by atoms with Crippen LogP contribution in [0.1, 0.15) is 16.7 Å². The SMILES string of the molecule is Cc1ccc2occ(/C=C/C(=O)NCCc3ccc(S(=O)(=O)N4CCOCC4)cc3)c(=O)c2c1. The molecule has 0 atom stereocenters. The normalized spacial score (nSPS) is 15.1. The molecule has 1 aromatic heterocycles. The molecule has 1 saturated heterocycles. The molecule has 0 aliphatic carbocycles. The lowest BCUT2D eigenvalue weighted by Gasteiger charge is -2.26. The molecule has 0 saturated carbocycles. The maximum Gasteiger partial charge on any atom is 0.244 e. The molecule has 8 nitrogen and oxygen atoms in total. The quantitative estimate of drug-likeness (QED) is 0.519. The van der Waals surface area contributed by atoms with E-state index in [0.29, 0.717) is 55.8 Å². The van der Waals surface area contributed by atoms with Gasteiger partial charge in [0, 0.05) is 25.7 Å². The number of nitrogens with one attached hydrogen (secondary N) is 1. The molecule has 1 aliphatic heterocycles. The van der Waals surface area contributed by atoms with Crippen LogP contribution in [-0.4, -0.2) is 51.5 Å². The van der Waals surface area contributed by atoms with Crippen LogP contribution in [0.3, 0.4) is 0 Å². The summed E-state index contributed by atoms with van der Waals surface area (Å²) in [6.07, 6.45) is 4.62. The Bertz CT molecular complexity index is 1370. The molecule has 1 aliphatic rings. The zero-order chi connectivity index (χ0) is 24.1. The van der Waals surface area contributed by atoms with Gasteiger partial charge in [-0.1, -0.05) is 23.8 Å². The topological polar surface area (TPSA) is 106 Å². The fourth-order valence-corrected chi connectivity index (χ4v) is 5.10. The molecule has 2 aromatic carbocycles. The van der Waals surface area contributed by atoms with E-state index in [0.717, 1.165) is 11.1 Å². The summed E-state index contributed by atoms with van der Waals surface area (Å²) in [5.41, 5.74) is 2.45. The molecule has 178 valence electrons. The predicted molar refractivity (Wildman–Crippen MR) is 129 cm³/mol. The molecule has 9 heteroatoms. The third kappa shape index (κ3) is 5.44. The zero-order valence-electron chi connectivity index (χ0n) is 18.8. The number of carbonyl (C=O) groups is 1. The van der Waals surface area contributed by atoms with Gasteiger partial charge in [0.05, 0.1) is 29.1 Å². The number of rotatable bonds is 7. The summed E-state index contributed by atoms with van der Waals surface area (Å²) in [5, 5.41) is 3.24. The van der Waals surface area contributed by atoms with Crippen molar-refractivity contribution < 1.29 is 22.4 Å². The van der Waals surface area contributed by atoms with E-state index in [2.05, 4.69) is 5.32 Å². The second kappa shape index (κ2) is 10.3. The van der Waals surface area contributed by atoms with Gasteiger partial charge < -0.3 is 14.5 Å². The summed E-state index contributed by atoms with van der Waals surface area (Å²) in [4.78, 5) is 25.0. The van der Waals surface area contributed by atoms with E-state index < -0.39 is 10.0 Å². The van der Waals surface area contributed by atoms with Crippen LogP contribution in [0.25, 0.3) is 17.0 Å². The van der Waals surface area contributed by atoms with E-state index in [4.69, 9.17) is 9.15 Å². The van der Waals surface area contributed by atoms with Crippen LogP contribution >= 0.6 is 0 Å². The molecule has 4 rings (SSSR count). The van der Waals surface area contributed by atoms with Crippen LogP contribution < -0.4 is 10.7 Å². The minimum absolute atomic E-state index is 0.193. The summed E-state index contributed by atoms with van der Waals surface area (Å²) in [6.45, 7) is 3.76. The molecule has 0 spiro atoms. The van der Waals surface area contributed by atoms with Crippen molar-refractivity contribution in [2.75, 3.05) is 32.8 Å². The van der Waals surface area contributed by atoms with Crippen molar-refractivity contribution >= 4 is 33.0 Å². The van der Waals surface area contributed by atoms with Gasteiger partial charge in [0.1, 0.15) is 11.8 Å². The average Bonchev–Trinajstić information content (AvgIpc) is 2.85. The Labute approximate surface area is 197 Å². The van der Waals surface area contributed by atoms with E-state index in [-0.39, 0.29) is 16.2 Å². The largest absolute Gasteiger partial charge is 0.463 e. The lowest BCUT2D eigenvalue weighted by Crippen LogP contribution is -2.40. The number of carbonyl (C=O) groups excluding carboxylic acids is 1. The van der Waals surface area contributed by atoms with E-state index in [1.54, 1.807) is 36.4 Å². The Hall–Kier alpha value is -3.27. The first-order valence-electron chi connectivity index (χ1n) is 11.0. The third-order valence-corrected chi connectivity index (χ3v) is 7.53. The van der Waals surface area contributed by atoms with Crippen molar-refractivity contribution in [2.45, 2.75) is 18.2 Å². The average molecular weight is 483 g/mol. The lowest BCUT2D eigenvalue weighted by atomic mass is 10.1. The maximum atomic E-state index is 12.7. The van der Waals surface area contributed by atoms with Gasteiger partial charge in [-0.3, -0.25) is 9.59 Å². The lowest BCUT2D eigenvalue weighted by molar-refractivity contribution is -0.116. The van der Waals surface area contributed by atoms with Crippen molar-refractivity contribution in [3.05, 3.63) is 81.7 Å². The number of hydrogen-bond acceptors (Lipinski definition) is 6. The van der Waals surface area contributed by atoms with Crippen molar-refractivity contribution in [3.8, 4) is 0 Å². The number of morpholine rings is 1. The van der Waals surface area contributed by atoms with Gasteiger partial charge >= 0.3 is 0 Å². The first kappa shape index (κ1) is 23.9. The highest BCUT2D eigenvalue weighted by molar-refractivity contribution is 7.89. The number of ether oxygens (including phenoxy) is 1. The van der Waals surface area contributed by atoms with Crippen LogP contribution in [-0.2, 0) is 26.0 Å². The molecular weight excluding hydrogens is 456 g/mol. The molecular formula is C25H26N2O6S. The Morgan fingerprint density at radius 2 is 1.85 bits per heavy atom. The van der Waals surface area contributed by atoms with Gasteiger partial charge in [-0.25, -0.2) is 8.42 Å². The molecule has 1 N–H and O–H groups in total. The fraction of sp³-hybridized carbons (Fsp3) is 0.280. The van der Waals surface area contributed by atoms with E-state index in [1.165, 1.54) is 22.7 Å². The third-order valence-electron chi connectivity index (χ3n) is 5.61. The molecule has 34 heavy (non-hydrogen) atoms. The number of nitrogens with zero attached hydrogens (tertiary/aromatic N) is 1. The number of fused-ring (bicyclic) bond motifs is 1. The number of aryl methyl sites for hydroxylation is 1. The smallest absolute Gasteiger partial charge is 0.244 e. The number of benzene rings is 2. The summed E-state index contributed by atoms with van der Waals surface area (Å²) in [5.74, 6) is -0.338. The van der Waals surface area contributed by atoms with Crippen molar-refractivity contribution in [1.82, 2.24) is 9.62 Å². The van der Waals surface area contributed by atoms with Crippen molar-refractivity contribution in [3.63, 3.8) is 0 Å². The number of sulfonamides is 1. The molecule has 0 unspecified atom stereocenters. The highest BCUT2D eigenvalue weighted by Crippen LogP contribution is 2.18. The zero-order valence-corrected chi connectivity index (χ0v) is 19.6. The van der Waals surface area contributed by atoms with Crippen molar-refractivity contribution in [2.24, 2.45) is 0 Å². The first-order valence-corrected chi connectivity index (χ1v) is 12.4. The number of hydrogen-bond donors (Lipinski definition) is 1. The molecule has 1 amide bonds. The summed E-state index contributed by atoms with van der Waals surface area (Å²) in [7, 11) is -3.53. The Kier molecular flexibility index (Phi) is 7.26. The Morgan fingerprint density at radius 3 is 2.59 bits per heavy atom. The molecule has 0 bridgehead atoms. The van der Waals surface area contributed by atoms with Crippen molar-refractivity contribution in [1.29, 1.82) is 0 Å². The van der Waals surface area contributed by atoms with Crippen LogP contribution in [0, 0.1) is 6.92 Å². The van der Waals surface area contributed by atoms with Gasteiger partial charge in [0.15, 0.2) is 5.43 Å². The van der Waals surface area contributed by atoms with Gasteiger partial charge in [-0.2, -0.15) is 4.31 Å². The van der Waals surface area contributed by atoms with E-state index in [1.807, 2.05) is 13.0 Å². The highest BCUT2D eigenvalue weighted by atomic mass is 32.2. The minimum Gasteiger partial charge on any atom is -0.463 e. The van der Waals surface area contributed by atoms with Gasteiger partial charge in [0.25, 0.3) is 0 Å². The van der Waals surface area contributed by atoms with Crippen LogP contribution in [0.4, 0.5) is 0 Å². The Morgan fingerprint density at radius 1 is 1.12 bits per heavy atom. The minimum atomic E-state index is -3.53.